The van der Waals surface area contributed by atoms with Crippen molar-refractivity contribution in [2.24, 2.45) is 0 Å². The van der Waals surface area contributed by atoms with Crippen molar-refractivity contribution in [2.75, 3.05) is 14.2 Å². The second kappa shape index (κ2) is 7.78. The van der Waals surface area contributed by atoms with E-state index in [9.17, 15) is 0 Å². The Bertz CT molecular complexity index is 680. The Balaban J connectivity index is 0.000000164. The van der Waals surface area contributed by atoms with E-state index in [0.29, 0.717) is 11.9 Å². The van der Waals surface area contributed by atoms with E-state index in [-0.39, 0.29) is 0 Å². The summed E-state index contributed by atoms with van der Waals surface area (Å²) in [6, 6.07) is 10.1. The number of hydrogen-bond acceptors (Lipinski definition) is 6. The Hall–Kier alpha value is -2.89. The Morgan fingerprint density at radius 1 is 1.09 bits per heavy atom. The zero-order valence-electron chi connectivity index (χ0n) is 12.7. The molecule has 0 bridgehead atoms. The highest BCUT2D eigenvalue weighted by atomic mass is 16.5. The number of benzene rings is 1. The summed E-state index contributed by atoms with van der Waals surface area (Å²) in [5.74, 6) is 1.32. The van der Waals surface area contributed by atoms with Crippen molar-refractivity contribution in [3.63, 3.8) is 0 Å². The van der Waals surface area contributed by atoms with Crippen molar-refractivity contribution in [3.05, 3.63) is 54.7 Å². The van der Waals surface area contributed by atoms with Crippen molar-refractivity contribution in [1.29, 1.82) is 0 Å². The molecular formula is C16H17N3O3. The fraction of sp³-hybridized carbons (Fsp3) is 0.188. The molecule has 0 amide bonds. The Morgan fingerprint density at radius 3 is 2.59 bits per heavy atom. The molecule has 2 heterocycles. The molecule has 22 heavy (non-hydrogen) atoms. The average molecular weight is 299 g/mol. The van der Waals surface area contributed by atoms with Crippen molar-refractivity contribution in [1.82, 2.24) is 15.0 Å². The van der Waals surface area contributed by atoms with Crippen LogP contribution in [0.3, 0.4) is 0 Å². The lowest BCUT2D eigenvalue weighted by molar-refractivity contribution is 0.352. The van der Waals surface area contributed by atoms with Crippen LogP contribution in [0.4, 0.5) is 0 Å². The maximum Gasteiger partial charge on any atom is 0.319 e. The van der Waals surface area contributed by atoms with Gasteiger partial charge in [-0.2, -0.15) is 4.98 Å². The van der Waals surface area contributed by atoms with Gasteiger partial charge in [0, 0.05) is 17.8 Å². The molecular weight excluding hydrogens is 282 g/mol. The second-order valence-electron chi connectivity index (χ2n) is 4.32. The first-order valence-electron chi connectivity index (χ1n) is 6.59. The lowest BCUT2D eigenvalue weighted by Crippen LogP contribution is -1.93. The summed E-state index contributed by atoms with van der Waals surface area (Å²) in [6.45, 7) is 2.06. The summed E-state index contributed by atoms with van der Waals surface area (Å²) in [4.78, 5) is 11.5. The molecule has 1 aromatic carbocycles. The average Bonchev–Trinajstić information content (AvgIpc) is 3.10. The summed E-state index contributed by atoms with van der Waals surface area (Å²) < 4.78 is 14.7. The van der Waals surface area contributed by atoms with E-state index in [1.807, 2.05) is 12.1 Å². The smallest absolute Gasteiger partial charge is 0.319 e. The summed E-state index contributed by atoms with van der Waals surface area (Å²) in [6.07, 6.45) is 4.73. The van der Waals surface area contributed by atoms with Crippen LogP contribution < -0.4 is 9.47 Å². The molecule has 0 aliphatic carbocycles. The zero-order valence-corrected chi connectivity index (χ0v) is 12.7. The van der Waals surface area contributed by atoms with Crippen LogP contribution >= 0.6 is 0 Å². The zero-order chi connectivity index (χ0) is 15.8. The van der Waals surface area contributed by atoms with Gasteiger partial charge in [0.2, 0.25) is 5.88 Å². The van der Waals surface area contributed by atoms with Crippen LogP contribution in [0.2, 0.25) is 0 Å². The SMILES string of the molecule is COc1ccnc(OC)n1.Cc1cccc(-c2cnco2)c1. The third-order valence-corrected chi connectivity index (χ3v) is 2.73. The fourth-order valence-electron chi connectivity index (χ4n) is 1.69. The van der Waals surface area contributed by atoms with Gasteiger partial charge < -0.3 is 13.9 Å². The van der Waals surface area contributed by atoms with Gasteiger partial charge in [-0.1, -0.05) is 23.8 Å². The number of rotatable bonds is 3. The Kier molecular flexibility index (Phi) is 5.48. The summed E-state index contributed by atoms with van der Waals surface area (Å²) in [5.41, 5.74) is 2.30. The van der Waals surface area contributed by atoms with Gasteiger partial charge in [0.05, 0.1) is 20.4 Å². The number of nitrogens with zero attached hydrogens (tertiary/aromatic N) is 3. The summed E-state index contributed by atoms with van der Waals surface area (Å²) >= 11 is 0. The van der Waals surface area contributed by atoms with Crippen LogP contribution in [-0.4, -0.2) is 29.2 Å². The van der Waals surface area contributed by atoms with Crippen LogP contribution in [0.5, 0.6) is 11.9 Å². The minimum atomic E-state index is 0.319. The maximum absolute atomic E-state index is 5.16. The van der Waals surface area contributed by atoms with Crippen LogP contribution in [0.1, 0.15) is 5.56 Å². The van der Waals surface area contributed by atoms with Gasteiger partial charge >= 0.3 is 6.01 Å². The maximum atomic E-state index is 5.16. The largest absolute Gasteiger partial charge is 0.481 e. The molecule has 0 saturated carbocycles. The van der Waals surface area contributed by atoms with Gasteiger partial charge in [-0.25, -0.2) is 9.97 Å². The van der Waals surface area contributed by atoms with Gasteiger partial charge in [-0.3, -0.25) is 0 Å². The standard InChI is InChI=1S/C10H9NO.C6H8N2O2/c1-8-3-2-4-9(5-8)10-6-11-7-12-10;1-9-5-3-4-7-6(8-5)10-2/h2-7H,1H3;3-4H,1-2H3. The van der Waals surface area contributed by atoms with Crippen LogP contribution in [0.25, 0.3) is 11.3 Å². The lowest BCUT2D eigenvalue weighted by Gasteiger charge is -1.98. The molecule has 0 unspecified atom stereocenters. The molecule has 0 radical (unpaired) electrons. The highest BCUT2D eigenvalue weighted by Crippen LogP contribution is 2.18. The van der Waals surface area contributed by atoms with E-state index >= 15 is 0 Å². The monoisotopic (exact) mass is 299 g/mol. The number of aryl methyl sites for hydroxylation is 1. The number of aromatic nitrogens is 3. The first-order valence-corrected chi connectivity index (χ1v) is 6.59. The number of oxazole rings is 1. The number of hydrogen-bond donors (Lipinski definition) is 0. The molecule has 3 aromatic rings. The molecule has 0 fully saturated rings. The third-order valence-electron chi connectivity index (χ3n) is 2.73. The van der Waals surface area contributed by atoms with Crippen molar-refractivity contribution >= 4 is 0 Å². The van der Waals surface area contributed by atoms with E-state index < -0.39 is 0 Å². The quantitative estimate of drug-likeness (QED) is 0.740. The molecule has 6 heteroatoms. The van der Waals surface area contributed by atoms with Crippen molar-refractivity contribution < 1.29 is 13.9 Å². The van der Waals surface area contributed by atoms with Crippen LogP contribution in [0, 0.1) is 6.92 Å². The number of methoxy groups -OCH3 is 2. The van der Waals surface area contributed by atoms with E-state index in [0.717, 1.165) is 11.3 Å². The normalized spacial score (nSPS) is 9.59. The van der Waals surface area contributed by atoms with Crippen LogP contribution in [-0.2, 0) is 0 Å². The van der Waals surface area contributed by atoms with Gasteiger partial charge in [0.1, 0.15) is 0 Å². The van der Waals surface area contributed by atoms with Crippen LogP contribution in [0.15, 0.2) is 53.5 Å². The minimum Gasteiger partial charge on any atom is -0.481 e. The Morgan fingerprint density at radius 2 is 1.95 bits per heavy atom. The fourth-order valence-corrected chi connectivity index (χ4v) is 1.69. The summed E-state index contributed by atoms with van der Waals surface area (Å²) in [7, 11) is 3.05. The minimum absolute atomic E-state index is 0.319. The molecule has 0 saturated heterocycles. The lowest BCUT2D eigenvalue weighted by atomic mass is 10.1. The molecule has 0 aliphatic rings. The van der Waals surface area contributed by atoms with Gasteiger partial charge in [0.25, 0.3) is 0 Å². The molecule has 0 spiro atoms. The molecule has 0 aliphatic heterocycles. The molecule has 6 nitrogen and oxygen atoms in total. The van der Waals surface area contributed by atoms with E-state index in [4.69, 9.17) is 13.9 Å². The molecule has 0 atom stereocenters. The Labute approximate surface area is 128 Å². The first-order chi connectivity index (χ1) is 10.7. The second-order valence-corrected chi connectivity index (χ2v) is 4.32. The molecule has 3 rings (SSSR count). The summed E-state index contributed by atoms with van der Waals surface area (Å²) in [5, 5.41) is 0. The molecule has 114 valence electrons. The highest BCUT2D eigenvalue weighted by Gasteiger charge is 1.99. The van der Waals surface area contributed by atoms with Gasteiger partial charge in [-0.05, 0) is 13.0 Å². The third kappa shape index (κ3) is 4.31. The van der Waals surface area contributed by atoms with Crippen molar-refractivity contribution in [3.8, 4) is 23.2 Å². The molecule has 2 aromatic heterocycles. The van der Waals surface area contributed by atoms with E-state index in [1.165, 1.54) is 19.1 Å². The number of ether oxygens (including phenoxy) is 2. The van der Waals surface area contributed by atoms with Gasteiger partial charge in [0.15, 0.2) is 12.2 Å². The molecule has 0 N–H and O–H groups in total. The van der Waals surface area contributed by atoms with E-state index in [1.54, 1.807) is 25.6 Å². The first kappa shape index (κ1) is 15.5. The van der Waals surface area contributed by atoms with E-state index in [2.05, 4.69) is 34.0 Å². The predicted octanol–water partition coefficient (Wildman–Crippen LogP) is 3.14. The predicted molar refractivity (Wildman–Crippen MR) is 81.8 cm³/mol. The van der Waals surface area contributed by atoms with Gasteiger partial charge in [-0.15, -0.1) is 0 Å². The van der Waals surface area contributed by atoms with Crippen molar-refractivity contribution in [2.45, 2.75) is 6.92 Å². The topological polar surface area (TPSA) is 70.3 Å². The highest BCUT2D eigenvalue weighted by molar-refractivity contribution is 5.56.